The second-order valence-corrected chi connectivity index (χ2v) is 11.1. The van der Waals surface area contributed by atoms with Gasteiger partial charge in [-0.2, -0.15) is 9.97 Å². The molecule has 5 rings (SSSR count). The molecule has 4 aromatic heterocycles. The zero-order valence-electron chi connectivity index (χ0n) is 27.2. The maximum Gasteiger partial charge on any atom is 0.332 e. The number of anilines is 2. The van der Waals surface area contributed by atoms with Crippen molar-refractivity contribution < 1.29 is 18.9 Å². The van der Waals surface area contributed by atoms with Crippen molar-refractivity contribution in [3.63, 3.8) is 0 Å². The van der Waals surface area contributed by atoms with Crippen molar-refractivity contribution in [2.75, 3.05) is 88.8 Å². The first-order valence-corrected chi connectivity index (χ1v) is 15.1. The van der Waals surface area contributed by atoms with Crippen molar-refractivity contribution in [1.82, 2.24) is 37.4 Å². The maximum atomic E-state index is 12.9. The van der Waals surface area contributed by atoms with Crippen LogP contribution in [0.5, 0.6) is 0 Å². The van der Waals surface area contributed by atoms with Crippen molar-refractivity contribution in [3.05, 3.63) is 41.7 Å². The number of nitrogens with zero attached hydrogens (tertiary/aromatic N) is 10. The molecule has 4 aromatic rings. The van der Waals surface area contributed by atoms with E-state index in [1.807, 2.05) is 9.80 Å². The molecule has 0 aromatic carbocycles. The van der Waals surface area contributed by atoms with E-state index in [0.29, 0.717) is 113 Å². The van der Waals surface area contributed by atoms with E-state index < -0.39 is 22.5 Å². The lowest BCUT2D eigenvalue weighted by Gasteiger charge is -2.25. The van der Waals surface area contributed by atoms with Crippen LogP contribution in [0.4, 0.5) is 11.9 Å². The highest BCUT2D eigenvalue weighted by molar-refractivity contribution is 5.75. The lowest BCUT2D eigenvalue weighted by molar-refractivity contribution is 0.0433. The molecule has 46 heavy (non-hydrogen) atoms. The molecule has 0 unspecified atom stereocenters. The number of imidazole rings is 2. The fourth-order valence-electron chi connectivity index (χ4n) is 5.55. The van der Waals surface area contributed by atoms with Gasteiger partial charge in [0.05, 0.1) is 52.9 Å². The minimum Gasteiger partial charge on any atom is -0.377 e. The Hall–Kier alpha value is -4.26. The zero-order chi connectivity index (χ0) is 33.1. The summed E-state index contributed by atoms with van der Waals surface area (Å²) < 4.78 is 31.7. The van der Waals surface area contributed by atoms with Crippen LogP contribution < -0.4 is 32.3 Å². The van der Waals surface area contributed by atoms with Crippen LogP contribution in [0.2, 0.25) is 0 Å². The van der Waals surface area contributed by atoms with Gasteiger partial charge in [0.15, 0.2) is 22.3 Å². The summed E-state index contributed by atoms with van der Waals surface area (Å²) in [5, 5.41) is 0. The number of fused-ring (bicyclic) bond motifs is 2. The molecule has 252 valence electrons. The SMILES string of the molecule is Cn1c(=O)c2c(nc(N3CCOCCOCCN(c4nc5c(c(=O)n(C)c(=O)n5C)n4C)CCOCCOCC3)n2C)n(C)c1=O. The van der Waals surface area contributed by atoms with Gasteiger partial charge in [-0.25, -0.2) is 9.59 Å². The molecule has 18 nitrogen and oxygen atoms in total. The predicted molar refractivity (Wildman–Crippen MR) is 170 cm³/mol. The molecule has 0 bridgehead atoms. The highest BCUT2D eigenvalue weighted by Crippen LogP contribution is 2.19. The number of aromatic nitrogens is 8. The Morgan fingerprint density at radius 1 is 0.435 bits per heavy atom. The monoisotopic (exact) mass is 646 g/mol. The molecule has 1 aliphatic rings. The van der Waals surface area contributed by atoms with Gasteiger partial charge < -0.3 is 37.9 Å². The number of aryl methyl sites for hydroxylation is 4. The Balaban J connectivity index is 1.27. The molecule has 18 heteroatoms. The Bertz CT molecular complexity index is 1790. The van der Waals surface area contributed by atoms with E-state index in [4.69, 9.17) is 18.9 Å². The van der Waals surface area contributed by atoms with E-state index in [-0.39, 0.29) is 0 Å². The highest BCUT2D eigenvalue weighted by atomic mass is 16.5. The van der Waals surface area contributed by atoms with Crippen molar-refractivity contribution in [2.45, 2.75) is 0 Å². The van der Waals surface area contributed by atoms with E-state index >= 15 is 0 Å². The fraction of sp³-hybridized carbons (Fsp3) is 0.643. The molecule has 0 atom stereocenters. The van der Waals surface area contributed by atoms with Crippen molar-refractivity contribution in [2.24, 2.45) is 42.3 Å². The van der Waals surface area contributed by atoms with Crippen LogP contribution in [0.1, 0.15) is 0 Å². The third kappa shape index (κ3) is 6.24. The number of rotatable bonds is 2. The smallest absolute Gasteiger partial charge is 0.332 e. The van der Waals surface area contributed by atoms with Crippen LogP contribution >= 0.6 is 0 Å². The molecular formula is C28H42N10O8. The summed E-state index contributed by atoms with van der Waals surface area (Å²) >= 11 is 0. The van der Waals surface area contributed by atoms with Gasteiger partial charge in [0.25, 0.3) is 11.1 Å². The molecule has 0 saturated carbocycles. The summed E-state index contributed by atoms with van der Waals surface area (Å²) in [5.41, 5.74) is -0.408. The predicted octanol–water partition coefficient (Wildman–Crippen LogP) is -2.35. The molecule has 0 aliphatic carbocycles. The molecule has 0 spiro atoms. The maximum absolute atomic E-state index is 12.9. The van der Waals surface area contributed by atoms with Gasteiger partial charge in [-0.05, 0) is 0 Å². The highest BCUT2D eigenvalue weighted by Gasteiger charge is 2.22. The summed E-state index contributed by atoms with van der Waals surface area (Å²) in [6.07, 6.45) is 0. The third-order valence-electron chi connectivity index (χ3n) is 8.24. The standard InChI is InChI=1S/C28H42N10O8/c1-31-19-21(33(3)27(41)35(5)23(19)39)29-25(31)37-7-11-43-15-17-45-13-9-38(10-14-46-18-16-44-12-8-37)26-30-22-20(32(26)2)24(40)36(6)28(42)34(22)4/h7-18H2,1-6H3. The molecule has 0 amide bonds. The van der Waals surface area contributed by atoms with Crippen molar-refractivity contribution in [1.29, 1.82) is 0 Å². The molecular weight excluding hydrogens is 604 g/mol. The third-order valence-corrected chi connectivity index (χ3v) is 8.24. The Morgan fingerprint density at radius 3 is 1.04 bits per heavy atom. The first-order valence-electron chi connectivity index (χ1n) is 15.1. The largest absolute Gasteiger partial charge is 0.377 e. The first kappa shape index (κ1) is 33.1. The lowest BCUT2D eigenvalue weighted by Crippen LogP contribution is -2.37. The van der Waals surface area contributed by atoms with Gasteiger partial charge in [-0.3, -0.25) is 27.9 Å². The quantitative estimate of drug-likeness (QED) is 0.228. The van der Waals surface area contributed by atoms with Gasteiger partial charge in [-0.15, -0.1) is 0 Å². The van der Waals surface area contributed by atoms with Crippen LogP contribution in [-0.4, -0.2) is 116 Å². The van der Waals surface area contributed by atoms with Crippen molar-refractivity contribution in [3.8, 4) is 0 Å². The zero-order valence-corrected chi connectivity index (χ0v) is 27.2. The molecule has 1 saturated heterocycles. The van der Waals surface area contributed by atoms with Gasteiger partial charge in [0.1, 0.15) is 0 Å². The Labute approximate surface area is 263 Å². The molecule has 5 heterocycles. The molecule has 0 radical (unpaired) electrons. The lowest BCUT2D eigenvalue weighted by atomic mass is 10.5. The van der Waals surface area contributed by atoms with Gasteiger partial charge in [0, 0.05) is 68.5 Å². The Morgan fingerprint density at radius 2 is 0.739 bits per heavy atom. The van der Waals surface area contributed by atoms with E-state index in [0.717, 1.165) is 9.13 Å². The average Bonchev–Trinajstić information content (AvgIpc) is 3.57. The van der Waals surface area contributed by atoms with Crippen molar-refractivity contribution >= 4 is 34.2 Å². The van der Waals surface area contributed by atoms with Gasteiger partial charge in [-0.1, -0.05) is 0 Å². The summed E-state index contributed by atoms with van der Waals surface area (Å²) in [4.78, 5) is 63.9. The Kier molecular flexibility index (Phi) is 10.1. The summed E-state index contributed by atoms with van der Waals surface area (Å²) in [6, 6.07) is 0. The first-order chi connectivity index (χ1) is 22.0. The van der Waals surface area contributed by atoms with Gasteiger partial charge in [0.2, 0.25) is 11.9 Å². The van der Waals surface area contributed by atoms with Crippen LogP contribution in [0.15, 0.2) is 19.2 Å². The number of ether oxygens (including phenoxy) is 4. The topological polar surface area (TPSA) is 167 Å². The number of hydrogen-bond acceptors (Lipinski definition) is 12. The number of hydrogen-bond donors (Lipinski definition) is 0. The summed E-state index contributed by atoms with van der Waals surface area (Å²) in [6.45, 7) is 4.76. The molecule has 1 aliphatic heterocycles. The van der Waals surface area contributed by atoms with E-state index in [9.17, 15) is 19.2 Å². The summed E-state index contributed by atoms with van der Waals surface area (Å²) in [5.74, 6) is 1.06. The van der Waals surface area contributed by atoms with Crippen LogP contribution in [0.25, 0.3) is 22.3 Å². The molecule has 0 N–H and O–H groups in total. The molecule has 1 fully saturated rings. The van der Waals surface area contributed by atoms with E-state index in [2.05, 4.69) is 9.97 Å². The fourth-order valence-corrected chi connectivity index (χ4v) is 5.55. The van der Waals surface area contributed by atoms with Crippen LogP contribution in [0.3, 0.4) is 0 Å². The van der Waals surface area contributed by atoms with Crippen LogP contribution in [0, 0.1) is 0 Å². The van der Waals surface area contributed by atoms with Gasteiger partial charge >= 0.3 is 11.4 Å². The van der Waals surface area contributed by atoms with E-state index in [1.165, 1.54) is 23.2 Å². The average molecular weight is 647 g/mol. The van der Waals surface area contributed by atoms with E-state index in [1.54, 1.807) is 37.3 Å². The second kappa shape index (κ2) is 14.0. The van der Waals surface area contributed by atoms with Crippen LogP contribution in [-0.2, 0) is 61.2 Å². The summed E-state index contributed by atoms with van der Waals surface area (Å²) in [7, 11) is 9.59. The minimum absolute atomic E-state index is 0.313. The minimum atomic E-state index is -0.442. The second-order valence-electron chi connectivity index (χ2n) is 11.1. The normalized spacial score (nSPS) is 17.1.